The smallest absolute Gasteiger partial charge is 0.323 e. The third-order valence-corrected chi connectivity index (χ3v) is 9.13. The molecule has 5 nitrogen and oxygen atoms in total. The van der Waals surface area contributed by atoms with Gasteiger partial charge in [-0.25, -0.2) is 0 Å². The number of carboxylic acids is 1. The molecule has 2 unspecified atom stereocenters. The molecule has 1 saturated carbocycles. The number of aliphatic carboxylic acids is 1. The van der Waals surface area contributed by atoms with Gasteiger partial charge in [0.1, 0.15) is 16.5 Å². The van der Waals surface area contributed by atoms with E-state index in [1.54, 1.807) is 22.9 Å². The van der Waals surface area contributed by atoms with Crippen LogP contribution in [0, 0.1) is 12.8 Å². The van der Waals surface area contributed by atoms with E-state index in [1.165, 1.54) is 46.9 Å². The molecule has 37 heavy (non-hydrogen) atoms. The van der Waals surface area contributed by atoms with Gasteiger partial charge in [0.05, 0.1) is 5.70 Å². The van der Waals surface area contributed by atoms with E-state index in [1.807, 2.05) is 13.0 Å². The third-order valence-electron chi connectivity index (χ3n) is 6.85. The van der Waals surface area contributed by atoms with Crippen LogP contribution in [0.5, 0.6) is 0 Å². The van der Waals surface area contributed by atoms with Crippen molar-refractivity contribution in [2.75, 3.05) is 20.1 Å². The predicted molar refractivity (Wildman–Crippen MR) is 161 cm³/mol. The molecule has 1 N–H and O–H groups in total. The molecule has 2 aliphatic rings. The quantitative estimate of drug-likeness (QED) is 0.186. The first-order valence-corrected chi connectivity index (χ1v) is 14.8. The van der Waals surface area contributed by atoms with Gasteiger partial charge in [0.25, 0.3) is 5.91 Å². The molecular formula is C29H36N2O3S3. The second kappa shape index (κ2) is 13.5. The van der Waals surface area contributed by atoms with Crippen molar-refractivity contribution in [1.82, 2.24) is 9.80 Å². The first-order chi connectivity index (χ1) is 17.7. The predicted octanol–water partition coefficient (Wildman–Crippen LogP) is 7.17. The van der Waals surface area contributed by atoms with Crippen molar-refractivity contribution in [1.29, 1.82) is 0 Å². The lowest BCUT2D eigenvalue weighted by Crippen LogP contribution is -2.31. The molecule has 0 spiro atoms. The SMILES string of the molecule is C=CCN(C)C(=O)/C(SC=S)=C1\SC(=C/c2ccc(C)c(C3CCCC3C)c2)/C(=C\CC)N1CC(=O)O. The second-order valence-corrected chi connectivity index (χ2v) is 12.0. The van der Waals surface area contributed by atoms with Gasteiger partial charge < -0.3 is 14.9 Å². The zero-order chi connectivity index (χ0) is 27.1. The van der Waals surface area contributed by atoms with Gasteiger partial charge in [-0.15, -0.1) is 6.58 Å². The minimum absolute atomic E-state index is 0.214. The minimum Gasteiger partial charge on any atom is -0.480 e. The van der Waals surface area contributed by atoms with E-state index in [2.05, 4.69) is 44.7 Å². The highest BCUT2D eigenvalue weighted by molar-refractivity contribution is 8.24. The van der Waals surface area contributed by atoms with E-state index in [0.717, 1.165) is 34.3 Å². The Kier molecular flexibility index (Phi) is 10.7. The molecule has 0 bridgehead atoms. The number of carboxylic acid groups (broad SMARTS) is 1. The van der Waals surface area contributed by atoms with Gasteiger partial charge in [0.15, 0.2) is 0 Å². The largest absolute Gasteiger partial charge is 0.480 e. The summed E-state index contributed by atoms with van der Waals surface area (Å²) in [6.07, 6.45) is 10.3. The van der Waals surface area contributed by atoms with Crippen LogP contribution in [-0.4, -0.2) is 51.6 Å². The maximum absolute atomic E-state index is 13.3. The Hall–Kier alpha value is -2.29. The van der Waals surface area contributed by atoms with Crippen LogP contribution in [0.15, 0.2) is 57.5 Å². The van der Waals surface area contributed by atoms with E-state index in [-0.39, 0.29) is 12.5 Å². The molecule has 1 aliphatic carbocycles. The molecule has 0 radical (unpaired) electrons. The lowest BCUT2D eigenvalue weighted by atomic mass is 9.86. The molecule has 198 valence electrons. The van der Waals surface area contributed by atoms with Crippen molar-refractivity contribution in [3.8, 4) is 0 Å². The number of rotatable bonds is 10. The number of carbonyl (C=O) groups excluding carboxylic acids is 1. The van der Waals surface area contributed by atoms with Gasteiger partial charge >= 0.3 is 5.97 Å². The Bertz CT molecular complexity index is 1160. The number of aryl methyl sites for hydroxylation is 1. The minimum atomic E-state index is -0.965. The highest BCUT2D eigenvalue weighted by atomic mass is 32.2. The molecule has 1 saturated heterocycles. The summed E-state index contributed by atoms with van der Waals surface area (Å²) < 4.78 is 1.45. The summed E-state index contributed by atoms with van der Waals surface area (Å²) in [5.41, 5.74) is 4.61. The van der Waals surface area contributed by atoms with Crippen molar-refractivity contribution < 1.29 is 14.7 Å². The van der Waals surface area contributed by atoms with Crippen LogP contribution < -0.4 is 0 Å². The van der Waals surface area contributed by atoms with Crippen LogP contribution in [-0.2, 0) is 9.59 Å². The Morgan fingerprint density at radius 3 is 2.70 bits per heavy atom. The molecule has 1 aromatic carbocycles. The van der Waals surface area contributed by atoms with Crippen LogP contribution in [0.3, 0.4) is 0 Å². The van der Waals surface area contributed by atoms with Crippen molar-refractivity contribution in [2.24, 2.45) is 5.92 Å². The number of hydrogen-bond donors (Lipinski definition) is 1. The van der Waals surface area contributed by atoms with Gasteiger partial charge in [0, 0.05) is 23.2 Å². The van der Waals surface area contributed by atoms with E-state index >= 15 is 0 Å². The lowest BCUT2D eigenvalue weighted by Gasteiger charge is -2.23. The number of likely N-dealkylation sites (N-methyl/N-ethyl adjacent to an activating group) is 1. The third kappa shape index (κ3) is 6.98. The number of thioether (sulfide) groups is 2. The van der Waals surface area contributed by atoms with Crippen LogP contribution >= 0.6 is 35.7 Å². The van der Waals surface area contributed by atoms with Crippen LogP contribution in [0.25, 0.3) is 6.08 Å². The van der Waals surface area contributed by atoms with Gasteiger partial charge in [-0.3, -0.25) is 9.59 Å². The summed E-state index contributed by atoms with van der Waals surface area (Å²) in [7, 11) is 1.70. The second-order valence-electron chi connectivity index (χ2n) is 9.54. The fourth-order valence-electron chi connectivity index (χ4n) is 5.02. The lowest BCUT2D eigenvalue weighted by molar-refractivity contribution is -0.137. The monoisotopic (exact) mass is 556 g/mol. The number of allylic oxidation sites excluding steroid dienone is 1. The highest BCUT2D eigenvalue weighted by Crippen LogP contribution is 2.49. The first-order valence-electron chi connectivity index (χ1n) is 12.6. The number of thiocarbonyl (C=S) groups is 1. The maximum Gasteiger partial charge on any atom is 0.323 e. The van der Waals surface area contributed by atoms with Crippen LogP contribution in [0.4, 0.5) is 0 Å². The Labute approximate surface area is 234 Å². The molecule has 2 atom stereocenters. The maximum atomic E-state index is 13.3. The molecule has 1 aliphatic heterocycles. The topological polar surface area (TPSA) is 60.9 Å². The highest BCUT2D eigenvalue weighted by Gasteiger charge is 2.35. The Morgan fingerprint density at radius 1 is 1.35 bits per heavy atom. The standard InChI is InChI=1S/C29H36N2O3S3/c1-6-9-24-25(16-21-13-12-20(4)23(15-21)22-11-8-10-19(22)3)37-29(31(24)17-26(32)33)27(36-18-35)28(34)30(5)14-7-2/h7,9,12-13,15-16,18-19,22H,2,6,8,10-11,14,17H2,1,3-5H3,(H,32,33)/b24-9+,25-16+,29-27+. The molecule has 0 aromatic heterocycles. The fourth-order valence-corrected chi connectivity index (χ4v) is 7.30. The summed E-state index contributed by atoms with van der Waals surface area (Å²) in [6.45, 7) is 10.4. The molecule has 3 rings (SSSR count). The Balaban J connectivity index is 2.13. The average molecular weight is 557 g/mol. The normalized spacial score (nSPS) is 23.0. The summed E-state index contributed by atoms with van der Waals surface area (Å²) in [6, 6.07) is 6.59. The van der Waals surface area contributed by atoms with Crippen molar-refractivity contribution in [2.45, 2.75) is 52.4 Å². The molecule has 2 fully saturated rings. The van der Waals surface area contributed by atoms with Gasteiger partial charge in [-0.05, 0) is 54.4 Å². The number of carbonyl (C=O) groups is 2. The molecule has 8 heteroatoms. The summed E-state index contributed by atoms with van der Waals surface area (Å²) in [4.78, 5) is 29.9. The van der Waals surface area contributed by atoms with Crippen molar-refractivity contribution in [3.05, 3.63) is 74.2 Å². The number of benzene rings is 1. The van der Waals surface area contributed by atoms with E-state index in [9.17, 15) is 14.7 Å². The number of hydrogen-bond acceptors (Lipinski definition) is 6. The number of amides is 1. The summed E-state index contributed by atoms with van der Waals surface area (Å²) in [5, 5.41) is 10.3. The summed E-state index contributed by atoms with van der Waals surface area (Å²) in [5.74, 6) is 0.0656. The van der Waals surface area contributed by atoms with Gasteiger partial charge in [-0.2, -0.15) is 0 Å². The Morgan fingerprint density at radius 2 is 2.11 bits per heavy atom. The zero-order valence-electron chi connectivity index (χ0n) is 22.0. The average Bonchev–Trinajstić information content (AvgIpc) is 3.42. The van der Waals surface area contributed by atoms with Crippen molar-refractivity contribution in [3.63, 3.8) is 0 Å². The first kappa shape index (κ1) is 29.3. The van der Waals surface area contributed by atoms with E-state index in [0.29, 0.717) is 28.3 Å². The molecule has 1 aromatic rings. The number of nitrogens with zero attached hydrogens (tertiary/aromatic N) is 2. The van der Waals surface area contributed by atoms with Crippen molar-refractivity contribution >= 4 is 58.4 Å². The fraction of sp³-hybridized carbons (Fsp3) is 0.414. The van der Waals surface area contributed by atoms with Crippen LogP contribution in [0.2, 0.25) is 0 Å². The molecule has 1 amide bonds. The van der Waals surface area contributed by atoms with Gasteiger partial charge in [-0.1, -0.05) is 92.8 Å². The van der Waals surface area contributed by atoms with Crippen LogP contribution in [0.1, 0.15) is 62.1 Å². The molecular weight excluding hydrogens is 521 g/mol. The zero-order valence-corrected chi connectivity index (χ0v) is 24.5. The van der Waals surface area contributed by atoms with E-state index in [4.69, 9.17) is 12.2 Å². The van der Waals surface area contributed by atoms with E-state index < -0.39 is 5.97 Å². The van der Waals surface area contributed by atoms with Gasteiger partial charge in [0.2, 0.25) is 0 Å². The summed E-state index contributed by atoms with van der Waals surface area (Å²) >= 11 is 7.69. The molecule has 1 heterocycles.